The molecule has 1 aliphatic heterocycles. The van der Waals surface area contributed by atoms with Crippen molar-refractivity contribution in [3.63, 3.8) is 0 Å². The van der Waals surface area contributed by atoms with Crippen molar-refractivity contribution in [2.75, 3.05) is 19.7 Å². The molecular formula is C16H15ClN2O2. The summed E-state index contributed by atoms with van der Waals surface area (Å²) in [6.45, 7) is 1.52. The first kappa shape index (κ1) is 13.0. The number of aliphatic hydroxyl groups excluding tert-OH is 1. The summed E-state index contributed by atoms with van der Waals surface area (Å²) in [5.41, 5.74) is 1.19. The number of likely N-dealkylation sites (tertiary alicyclic amines) is 1. The SMILES string of the molecule is O=C(c1cc(Cl)cc2cccnc12)N1CC2CC2(CO)C1. The number of benzene rings is 1. The van der Waals surface area contributed by atoms with E-state index in [4.69, 9.17) is 11.6 Å². The van der Waals surface area contributed by atoms with Crippen LogP contribution >= 0.6 is 11.6 Å². The zero-order chi connectivity index (χ0) is 14.6. The molecule has 0 radical (unpaired) electrons. The number of hydrogen-bond donors (Lipinski definition) is 1. The zero-order valence-electron chi connectivity index (χ0n) is 11.4. The van der Waals surface area contributed by atoms with Crippen molar-refractivity contribution < 1.29 is 9.90 Å². The number of hydrogen-bond acceptors (Lipinski definition) is 3. The predicted octanol–water partition coefficient (Wildman–Crippen LogP) is 2.34. The standard InChI is InChI=1S/C16H15ClN2O2/c17-12-4-10-2-1-3-18-14(10)13(5-12)15(21)19-7-11-6-16(11,8-19)9-20/h1-5,11,20H,6-9H2. The molecule has 1 saturated heterocycles. The van der Waals surface area contributed by atoms with Crippen molar-refractivity contribution in [1.29, 1.82) is 0 Å². The Morgan fingerprint density at radius 2 is 2.38 bits per heavy atom. The molecule has 1 saturated carbocycles. The van der Waals surface area contributed by atoms with Gasteiger partial charge in [-0.05, 0) is 30.5 Å². The molecule has 21 heavy (non-hydrogen) atoms. The minimum absolute atomic E-state index is 0.0405. The van der Waals surface area contributed by atoms with Crippen LogP contribution in [0.2, 0.25) is 5.02 Å². The van der Waals surface area contributed by atoms with E-state index >= 15 is 0 Å². The van der Waals surface area contributed by atoms with Gasteiger partial charge in [0.2, 0.25) is 0 Å². The monoisotopic (exact) mass is 302 g/mol. The largest absolute Gasteiger partial charge is 0.396 e. The maximum atomic E-state index is 12.8. The van der Waals surface area contributed by atoms with E-state index in [1.165, 1.54) is 0 Å². The Morgan fingerprint density at radius 3 is 3.14 bits per heavy atom. The van der Waals surface area contributed by atoms with Crippen LogP contribution in [0.25, 0.3) is 10.9 Å². The lowest BCUT2D eigenvalue weighted by atomic mass is 10.1. The third kappa shape index (κ3) is 1.93. The zero-order valence-corrected chi connectivity index (χ0v) is 12.2. The van der Waals surface area contributed by atoms with Gasteiger partial charge in [-0.25, -0.2) is 0 Å². The van der Waals surface area contributed by atoms with E-state index in [-0.39, 0.29) is 17.9 Å². The summed E-state index contributed by atoms with van der Waals surface area (Å²) in [5, 5.41) is 10.9. The van der Waals surface area contributed by atoms with Gasteiger partial charge in [0.25, 0.3) is 5.91 Å². The van der Waals surface area contributed by atoms with Gasteiger partial charge < -0.3 is 10.0 Å². The average Bonchev–Trinajstić information content (AvgIpc) is 3.07. The van der Waals surface area contributed by atoms with Gasteiger partial charge in [0.1, 0.15) is 0 Å². The summed E-state index contributed by atoms with van der Waals surface area (Å²) < 4.78 is 0. The molecule has 108 valence electrons. The lowest BCUT2D eigenvalue weighted by Gasteiger charge is -2.21. The summed E-state index contributed by atoms with van der Waals surface area (Å²) >= 11 is 6.13. The van der Waals surface area contributed by atoms with Gasteiger partial charge in [-0.15, -0.1) is 0 Å². The maximum Gasteiger partial charge on any atom is 0.256 e. The van der Waals surface area contributed by atoms with Crippen LogP contribution in [0.5, 0.6) is 0 Å². The van der Waals surface area contributed by atoms with Crippen molar-refractivity contribution in [3.8, 4) is 0 Å². The molecule has 2 aliphatic rings. The van der Waals surface area contributed by atoms with Gasteiger partial charge in [0, 0.05) is 35.1 Å². The van der Waals surface area contributed by atoms with Crippen LogP contribution in [0, 0.1) is 11.3 Å². The Hall–Kier alpha value is -1.65. The molecule has 4 nitrogen and oxygen atoms in total. The maximum absolute atomic E-state index is 12.8. The van der Waals surface area contributed by atoms with E-state index < -0.39 is 0 Å². The van der Waals surface area contributed by atoms with Gasteiger partial charge in [-0.2, -0.15) is 0 Å². The Bertz CT molecular complexity index is 744. The number of pyridine rings is 1. The molecule has 4 rings (SSSR count). The molecule has 0 spiro atoms. The quantitative estimate of drug-likeness (QED) is 0.926. The minimum atomic E-state index is -0.0442. The number of carbonyl (C=O) groups is 1. The number of piperidine rings is 1. The molecular weight excluding hydrogens is 288 g/mol. The Morgan fingerprint density at radius 1 is 1.52 bits per heavy atom. The highest BCUT2D eigenvalue weighted by atomic mass is 35.5. The molecule has 2 atom stereocenters. The number of aliphatic hydroxyl groups is 1. The molecule has 2 aromatic rings. The lowest BCUT2D eigenvalue weighted by Crippen LogP contribution is -2.32. The second-order valence-electron chi connectivity index (χ2n) is 6.14. The van der Waals surface area contributed by atoms with E-state index in [1.807, 2.05) is 23.1 Å². The minimum Gasteiger partial charge on any atom is -0.396 e. The summed E-state index contributed by atoms with van der Waals surface area (Å²) in [6, 6.07) is 7.24. The molecule has 1 amide bonds. The molecule has 1 aliphatic carbocycles. The molecule has 2 heterocycles. The van der Waals surface area contributed by atoms with Gasteiger partial charge in [-0.1, -0.05) is 17.7 Å². The number of carbonyl (C=O) groups excluding carboxylic acids is 1. The number of aromatic nitrogens is 1. The van der Waals surface area contributed by atoms with Gasteiger partial charge in [-0.3, -0.25) is 9.78 Å². The predicted molar refractivity (Wildman–Crippen MR) is 80.3 cm³/mol. The lowest BCUT2D eigenvalue weighted by molar-refractivity contribution is 0.0753. The number of nitrogens with zero attached hydrogens (tertiary/aromatic N) is 2. The van der Waals surface area contributed by atoms with E-state index in [0.717, 1.165) is 18.4 Å². The van der Waals surface area contributed by atoms with Crippen LogP contribution in [0.1, 0.15) is 16.8 Å². The van der Waals surface area contributed by atoms with Crippen LogP contribution in [0.4, 0.5) is 0 Å². The van der Waals surface area contributed by atoms with Gasteiger partial charge >= 0.3 is 0 Å². The third-order valence-electron chi connectivity index (χ3n) is 4.81. The van der Waals surface area contributed by atoms with E-state index in [2.05, 4.69) is 4.98 Å². The van der Waals surface area contributed by atoms with E-state index in [1.54, 1.807) is 12.3 Å². The normalized spacial score (nSPS) is 27.0. The van der Waals surface area contributed by atoms with Crippen molar-refractivity contribution in [1.82, 2.24) is 9.88 Å². The van der Waals surface area contributed by atoms with E-state index in [9.17, 15) is 9.90 Å². The first-order valence-corrected chi connectivity index (χ1v) is 7.45. The highest BCUT2D eigenvalue weighted by Crippen LogP contribution is 2.57. The van der Waals surface area contributed by atoms with Crippen molar-refractivity contribution >= 4 is 28.4 Å². The van der Waals surface area contributed by atoms with Crippen molar-refractivity contribution in [2.24, 2.45) is 11.3 Å². The topological polar surface area (TPSA) is 53.4 Å². The van der Waals surface area contributed by atoms with Crippen LogP contribution in [0.15, 0.2) is 30.5 Å². The van der Waals surface area contributed by atoms with Gasteiger partial charge in [0.15, 0.2) is 0 Å². The fraction of sp³-hybridized carbons (Fsp3) is 0.375. The fourth-order valence-corrected chi connectivity index (χ4v) is 3.71. The van der Waals surface area contributed by atoms with Crippen molar-refractivity contribution in [3.05, 3.63) is 41.0 Å². The van der Waals surface area contributed by atoms with Crippen LogP contribution < -0.4 is 0 Å². The highest BCUT2D eigenvalue weighted by molar-refractivity contribution is 6.32. The third-order valence-corrected chi connectivity index (χ3v) is 5.03. The summed E-state index contributed by atoms with van der Waals surface area (Å²) in [5.74, 6) is 0.408. The number of amides is 1. The summed E-state index contributed by atoms with van der Waals surface area (Å²) in [4.78, 5) is 18.9. The number of halogens is 1. The molecule has 1 N–H and O–H groups in total. The molecule has 2 unspecified atom stereocenters. The summed E-state index contributed by atoms with van der Waals surface area (Å²) in [6.07, 6.45) is 2.71. The van der Waals surface area contributed by atoms with Crippen LogP contribution in [-0.4, -0.2) is 40.6 Å². The summed E-state index contributed by atoms with van der Waals surface area (Å²) in [7, 11) is 0. The number of fused-ring (bicyclic) bond motifs is 2. The molecule has 0 bridgehead atoms. The van der Waals surface area contributed by atoms with Crippen molar-refractivity contribution in [2.45, 2.75) is 6.42 Å². The smallest absolute Gasteiger partial charge is 0.256 e. The molecule has 1 aromatic heterocycles. The second kappa shape index (κ2) is 4.42. The molecule has 1 aromatic carbocycles. The Kier molecular flexibility index (Phi) is 2.75. The first-order valence-electron chi connectivity index (χ1n) is 7.07. The molecule has 2 fully saturated rings. The molecule has 5 heteroatoms. The average molecular weight is 303 g/mol. The Labute approximate surface area is 127 Å². The Balaban J connectivity index is 1.72. The fourth-order valence-electron chi connectivity index (χ4n) is 3.48. The second-order valence-corrected chi connectivity index (χ2v) is 6.57. The highest BCUT2D eigenvalue weighted by Gasteiger charge is 2.60. The van der Waals surface area contributed by atoms with Gasteiger partial charge in [0.05, 0.1) is 17.7 Å². The number of rotatable bonds is 2. The van der Waals surface area contributed by atoms with Crippen LogP contribution in [0.3, 0.4) is 0 Å². The van der Waals surface area contributed by atoms with Crippen LogP contribution in [-0.2, 0) is 0 Å². The van der Waals surface area contributed by atoms with E-state index in [0.29, 0.717) is 28.6 Å². The first-order chi connectivity index (χ1) is 10.1.